The van der Waals surface area contributed by atoms with Crippen LogP contribution in [0.2, 0.25) is 0 Å². The fourth-order valence-corrected chi connectivity index (χ4v) is 4.81. The van der Waals surface area contributed by atoms with Crippen molar-refractivity contribution < 1.29 is 28.3 Å². The van der Waals surface area contributed by atoms with E-state index < -0.39 is 6.03 Å². The molecule has 2 aliphatic rings. The van der Waals surface area contributed by atoms with Crippen molar-refractivity contribution in [1.29, 1.82) is 0 Å². The molecule has 1 aliphatic heterocycles. The van der Waals surface area contributed by atoms with Gasteiger partial charge in [0.2, 0.25) is 17.6 Å². The zero-order valence-electron chi connectivity index (χ0n) is 19.7. The first-order valence-electron chi connectivity index (χ1n) is 11.4. The molecule has 1 saturated carbocycles. The van der Waals surface area contributed by atoms with Crippen LogP contribution < -0.4 is 24.4 Å². The molecule has 1 saturated heterocycles. The summed E-state index contributed by atoms with van der Waals surface area (Å²) in [6.45, 7) is 0. The maximum absolute atomic E-state index is 13.2. The number of aromatic nitrogens is 2. The minimum atomic E-state index is -0.432. The van der Waals surface area contributed by atoms with Crippen molar-refractivity contribution in [2.24, 2.45) is 5.92 Å². The Balaban J connectivity index is 1.30. The van der Waals surface area contributed by atoms with E-state index in [0.29, 0.717) is 53.9 Å². The number of rotatable bonds is 6. The van der Waals surface area contributed by atoms with Gasteiger partial charge in [-0.25, -0.2) is 9.69 Å². The molecule has 1 aromatic heterocycles. The molecule has 3 unspecified atom stereocenters. The van der Waals surface area contributed by atoms with Crippen molar-refractivity contribution in [3.63, 3.8) is 0 Å². The zero-order valence-corrected chi connectivity index (χ0v) is 19.7. The summed E-state index contributed by atoms with van der Waals surface area (Å²) in [5.41, 5.74) is 1.26. The lowest BCUT2D eigenvalue weighted by Gasteiger charge is -2.41. The lowest BCUT2D eigenvalue weighted by atomic mass is 9.76. The Hall–Kier alpha value is -4.08. The van der Waals surface area contributed by atoms with E-state index in [4.69, 9.17) is 18.7 Å². The number of carbonyl (C=O) groups is 2. The predicted octanol–water partition coefficient (Wildman–Crippen LogP) is 3.77. The monoisotopic (exact) mass is 478 g/mol. The largest absolute Gasteiger partial charge is 0.497 e. The Morgan fingerprint density at radius 1 is 0.971 bits per heavy atom. The SMILES string of the molecule is COc1ccc(N2C(=O)NC3CC(c4nc(-c5ccc(OC)c(OC)c5)no4)CCC3C2=O)cc1. The highest BCUT2D eigenvalue weighted by Crippen LogP contribution is 2.40. The van der Waals surface area contributed by atoms with Crippen LogP contribution in [-0.2, 0) is 4.79 Å². The third kappa shape index (κ3) is 4.16. The number of imide groups is 1. The molecule has 5 rings (SSSR count). The molecule has 3 aromatic rings. The maximum Gasteiger partial charge on any atom is 0.328 e. The van der Waals surface area contributed by atoms with E-state index in [1.807, 2.05) is 6.07 Å². The predicted molar refractivity (Wildman–Crippen MR) is 126 cm³/mol. The van der Waals surface area contributed by atoms with Crippen molar-refractivity contribution >= 4 is 17.6 Å². The third-order valence-electron chi connectivity index (χ3n) is 6.66. The van der Waals surface area contributed by atoms with Gasteiger partial charge in [0.1, 0.15) is 5.75 Å². The second-order valence-corrected chi connectivity index (χ2v) is 8.57. The lowest BCUT2D eigenvalue weighted by molar-refractivity contribution is -0.124. The van der Waals surface area contributed by atoms with E-state index in [-0.39, 0.29) is 23.8 Å². The Morgan fingerprint density at radius 3 is 2.46 bits per heavy atom. The molecule has 10 heteroatoms. The van der Waals surface area contributed by atoms with Crippen molar-refractivity contribution in [1.82, 2.24) is 15.5 Å². The van der Waals surface area contributed by atoms with Crippen LogP contribution in [0.1, 0.15) is 31.1 Å². The van der Waals surface area contributed by atoms with Crippen molar-refractivity contribution in [3.05, 3.63) is 48.4 Å². The minimum absolute atomic E-state index is 0.0571. The van der Waals surface area contributed by atoms with E-state index in [2.05, 4.69) is 15.5 Å². The summed E-state index contributed by atoms with van der Waals surface area (Å²) in [6.07, 6.45) is 1.86. The van der Waals surface area contributed by atoms with Crippen LogP contribution in [0.3, 0.4) is 0 Å². The molecule has 3 atom stereocenters. The Morgan fingerprint density at radius 2 is 1.74 bits per heavy atom. The molecular formula is C25H26N4O6. The summed E-state index contributed by atoms with van der Waals surface area (Å²) >= 11 is 0. The summed E-state index contributed by atoms with van der Waals surface area (Å²) in [4.78, 5) is 31.9. The van der Waals surface area contributed by atoms with Gasteiger partial charge in [-0.15, -0.1) is 0 Å². The summed E-state index contributed by atoms with van der Waals surface area (Å²) in [7, 11) is 4.71. The topological polar surface area (TPSA) is 116 Å². The number of fused-ring (bicyclic) bond motifs is 1. The zero-order chi connectivity index (χ0) is 24.5. The molecule has 2 fully saturated rings. The molecule has 10 nitrogen and oxygen atoms in total. The highest BCUT2D eigenvalue weighted by molar-refractivity contribution is 6.17. The van der Waals surface area contributed by atoms with Gasteiger partial charge in [0.15, 0.2) is 11.5 Å². The van der Waals surface area contributed by atoms with Crippen LogP contribution in [0.5, 0.6) is 17.2 Å². The normalized spacial score (nSPS) is 21.8. The van der Waals surface area contributed by atoms with E-state index in [1.165, 1.54) is 4.90 Å². The molecule has 182 valence electrons. The number of urea groups is 1. The van der Waals surface area contributed by atoms with Gasteiger partial charge in [-0.05, 0) is 61.7 Å². The second-order valence-electron chi connectivity index (χ2n) is 8.57. The number of benzene rings is 2. The fourth-order valence-electron chi connectivity index (χ4n) is 4.81. The molecule has 0 spiro atoms. The van der Waals surface area contributed by atoms with Gasteiger partial charge in [-0.2, -0.15) is 4.98 Å². The highest BCUT2D eigenvalue weighted by Gasteiger charge is 2.46. The van der Waals surface area contributed by atoms with Crippen molar-refractivity contribution in [2.45, 2.75) is 31.2 Å². The number of nitrogens with one attached hydrogen (secondary N) is 1. The Labute approximate surface area is 202 Å². The van der Waals surface area contributed by atoms with Gasteiger partial charge >= 0.3 is 6.03 Å². The maximum atomic E-state index is 13.2. The quantitative estimate of drug-likeness (QED) is 0.569. The van der Waals surface area contributed by atoms with E-state index in [9.17, 15) is 9.59 Å². The highest BCUT2D eigenvalue weighted by atomic mass is 16.5. The first-order valence-corrected chi connectivity index (χ1v) is 11.4. The number of methoxy groups -OCH3 is 3. The second kappa shape index (κ2) is 9.28. The number of carbonyl (C=O) groups excluding carboxylic acids is 2. The van der Waals surface area contributed by atoms with E-state index >= 15 is 0 Å². The molecule has 1 aliphatic carbocycles. The van der Waals surface area contributed by atoms with Gasteiger partial charge < -0.3 is 24.1 Å². The van der Waals surface area contributed by atoms with Gasteiger partial charge in [-0.3, -0.25) is 4.79 Å². The number of ether oxygens (including phenoxy) is 3. The fraction of sp³-hybridized carbons (Fsp3) is 0.360. The van der Waals surface area contributed by atoms with Crippen LogP contribution in [0.4, 0.5) is 10.5 Å². The number of hydrogen-bond donors (Lipinski definition) is 1. The molecule has 2 aromatic carbocycles. The molecule has 3 amide bonds. The van der Waals surface area contributed by atoms with Crippen LogP contribution in [0, 0.1) is 5.92 Å². The van der Waals surface area contributed by atoms with Crippen LogP contribution in [0.15, 0.2) is 47.0 Å². The summed E-state index contributed by atoms with van der Waals surface area (Å²) in [5, 5.41) is 7.14. The first kappa shape index (κ1) is 22.7. The molecule has 35 heavy (non-hydrogen) atoms. The Bertz CT molecular complexity index is 1240. The summed E-state index contributed by atoms with van der Waals surface area (Å²) < 4.78 is 21.4. The summed E-state index contributed by atoms with van der Waals surface area (Å²) in [6, 6.07) is 11.5. The molecule has 2 heterocycles. The first-order chi connectivity index (χ1) is 17.0. The molecule has 0 radical (unpaired) electrons. The third-order valence-corrected chi connectivity index (χ3v) is 6.66. The number of hydrogen-bond acceptors (Lipinski definition) is 8. The minimum Gasteiger partial charge on any atom is -0.497 e. The Kier molecular flexibility index (Phi) is 6.02. The van der Waals surface area contributed by atoms with E-state index in [1.54, 1.807) is 57.7 Å². The lowest BCUT2D eigenvalue weighted by Crippen LogP contribution is -2.61. The average Bonchev–Trinajstić information content (AvgIpc) is 3.39. The standard InChI is InChI=1S/C25H26N4O6/c1-32-17-8-6-16(7-9-17)29-24(30)18-10-4-15(12-19(18)26-25(29)31)23-27-22(28-35-23)14-5-11-20(33-2)21(13-14)34-3/h5-9,11,13,15,18-19H,4,10,12H2,1-3H3,(H,26,31). The average molecular weight is 479 g/mol. The number of nitrogens with zero attached hydrogens (tertiary/aromatic N) is 3. The van der Waals surface area contributed by atoms with Crippen LogP contribution in [0.25, 0.3) is 11.4 Å². The molecular weight excluding hydrogens is 452 g/mol. The van der Waals surface area contributed by atoms with Crippen molar-refractivity contribution in [2.75, 3.05) is 26.2 Å². The molecule has 0 bridgehead atoms. The number of anilines is 1. The van der Waals surface area contributed by atoms with Gasteiger partial charge in [0.05, 0.1) is 32.9 Å². The van der Waals surface area contributed by atoms with Gasteiger partial charge in [-0.1, -0.05) is 5.16 Å². The van der Waals surface area contributed by atoms with Crippen LogP contribution in [-0.4, -0.2) is 49.5 Å². The van der Waals surface area contributed by atoms with Crippen molar-refractivity contribution in [3.8, 4) is 28.6 Å². The van der Waals surface area contributed by atoms with E-state index in [0.717, 1.165) is 5.56 Å². The smallest absolute Gasteiger partial charge is 0.328 e. The summed E-state index contributed by atoms with van der Waals surface area (Å²) in [5.74, 6) is 2.21. The number of amides is 3. The van der Waals surface area contributed by atoms with Gasteiger partial charge in [0.25, 0.3) is 0 Å². The van der Waals surface area contributed by atoms with Gasteiger partial charge in [0, 0.05) is 17.5 Å². The molecule has 1 N–H and O–H groups in total. The van der Waals surface area contributed by atoms with Crippen LogP contribution >= 0.6 is 0 Å².